The molecule has 1 unspecified atom stereocenters. The highest BCUT2D eigenvalue weighted by atomic mass is 15.0. The third-order valence-electron chi connectivity index (χ3n) is 11.4. The molecule has 2 heterocycles. The molecule has 56 heavy (non-hydrogen) atoms. The Bertz CT molecular complexity index is 3320. The minimum absolute atomic E-state index is 0.254. The van der Waals surface area contributed by atoms with E-state index in [1.54, 1.807) is 0 Å². The lowest BCUT2D eigenvalue weighted by Crippen LogP contribution is -2.11. The first-order valence-corrected chi connectivity index (χ1v) is 19.1. The predicted molar refractivity (Wildman–Crippen MR) is 236 cm³/mol. The molecule has 0 radical (unpaired) electrons. The molecule has 0 fully saturated rings. The molecule has 0 amide bonds. The Kier molecular flexibility index (Phi) is 7.44. The lowest BCUT2D eigenvalue weighted by atomic mass is 9.98. The summed E-state index contributed by atoms with van der Waals surface area (Å²) in [6.45, 7) is 0. The van der Waals surface area contributed by atoms with Crippen LogP contribution in [-0.2, 0) is 0 Å². The molecular weight excluding hydrogens is 681 g/mol. The molecular formula is C52H36N4. The van der Waals surface area contributed by atoms with Gasteiger partial charge in [-0.05, 0) is 98.9 Å². The Balaban J connectivity index is 1.07. The van der Waals surface area contributed by atoms with Crippen molar-refractivity contribution in [1.29, 1.82) is 0 Å². The molecule has 0 saturated heterocycles. The van der Waals surface area contributed by atoms with Gasteiger partial charge in [0.05, 0.1) is 33.8 Å². The Morgan fingerprint density at radius 1 is 0.429 bits per heavy atom. The van der Waals surface area contributed by atoms with E-state index in [0.29, 0.717) is 0 Å². The lowest BCUT2D eigenvalue weighted by molar-refractivity contribution is 0.872. The number of benzene rings is 9. The van der Waals surface area contributed by atoms with E-state index in [-0.39, 0.29) is 6.04 Å². The number of fused-ring (bicyclic) bond motifs is 9. The van der Waals surface area contributed by atoms with Crippen molar-refractivity contribution in [3.63, 3.8) is 0 Å². The Labute approximate surface area is 324 Å². The molecule has 11 rings (SSSR count). The summed E-state index contributed by atoms with van der Waals surface area (Å²) in [6.07, 6.45) is 1.94. The van der Waals surface area contributed by atoms with E-state index in [2.05, 4.69) is 167 Å². The second-order valence-electron chi connectivity index (χ2n) is 14.6. The molecule has 11 aromatic rings. The number of aromatic nitrogens is 2. The van der Waals surface area contributed by atoms with Gasteiger partial charge in [0.25, 0.3) is 0 Å². The van der Waals surface area contributed by atoms with Crippen LogP contribution in [0, 0.1) is 0 Å². The summed E-state index contributed by atoms with van der Waals surface area (Å²) in [5.41, 5.74) is 17.7. The normalized spacial score (nSPS) is 12.6. The summed E-state index contributed by atoms with van der Waals surface area (Å²) in [7, 11) is 0. The summed E-state index contributed by atoms with van der Waals surface area (Å²) in [4.78, 5) is 4.94. The van der Waals surface area contributed by atoms with Gasteiger partial charge in [0.2, 0.25) is 0 Å². The third-order valence-corrected chi connectivity index (χ3v) is 11.4. The molecule has 2 N–H and O–H groups in total. The van der Waals surface area contributed by atoms with Crippen molar-refractivity contribution in [2.24, 2.45) is 10.7 Å². The van der Waals surface area contributed by atoms with Gasteiger partial charge in [-0.2, -0.15) is 0 Å². The molecule has 9 aromatic carbocycles. The quantitative estimate of drug-likeness (QED) is 0.171. The van der Waals surface area contributed by atoms with Gasteiger partial charge in [-0.25, -0.2) is 0 Å². The smallest absolute Gasteiger partial charge is 0.0681 e. The monoisotopic (exact) mass is 716 g/mol. The van der Waals surface area contributed by atoms with E-state index in [1.807, 2.05) is 42.6 Å². The minimum atomic E-state index is -0.254. The van der Waals surface area contributed by atoms with Crippen molar-refractivity contribution in [1.82, 2.24) is 9.13 Å². The highest BCUT2D eigenvalue weighted by Crippen LogP contribution is 2.42. The third kappa shape index (κ3) is 5.15. The van der Waals surface area contributed by atoms with Crippen LogP contribution in [0.3, 0.4) is 0 Å². The van der Waals surface area contributed by atoms with E-state index in [1.165, 1.54) is 59.8 Å². The number of aliphatic imine (C=N–C) groups is 1. The van der Waals surface area contributed by atoms with Gasteiger partial charge in [0, 0.05) is 39.1 Å². The fourth-order valence-corrected chi connectivity index (χ4v) is 8.71. The number of hydrogen-bond donors (Lipinski definition) is 1. The van der Waals surface area contributed by atoms with Gasteiger partial charge >= 0.3 is 0 Å². The predicted octanol–water partition coefficient (Wildman–Crippen LogP) is 13.0. The standard InChI is InChI=1S/C52H36N4/c53-52(36-14-3-1-4-15-36)43-20-9-11-21-46(43)54-33-34-23-24-38-30-40(27-25-37(38)29-34)56-48-28-26-35-13-7-8-18-41(35)51(48)45-31-44-42-19-10-12-22-47(42)55(49(44)32-50(45)56)39-16-5-2-6-17-39/h1-33,52H,53H2/b54-33+. The topological polar surface area (TPSA) is 48.2 Å². The van der Waals surface area contributed by atoms with Crippen LogP contribution in [-0.4, -0.2) is 15.3 Å². The molecule has 264 valence electrons. The average Bonchev–Trinajstić information content (AvgIpc) is 3.77. The Morgan fingerprint density at radius 2 is 1.09 bits per heavy atom. The van der Waals surface area contributed by atoms with Crippen LogP contribution in [0.15, 0.2) is 199 Å². The second kappa shape index (κ2) is 12.9. The highest BCUT2D eigenvalue weighted by molar-refractivity contribution is 6.25. The molecule has 2 aromatic heterocycles. The van der Waals surface area contributed by atoms with Crippen LogP contribution in [0.5, 0.6) is 0 Å². The SMILES string of the molecule is NC(c1ccccc1)c1ccccc1/N=C/c1ccc2cc(-n3c4cc5c(cc4c4c6ccccc6ccc43)c3ccccc3n5-c3ccccc3)ccc2c1. The van der Waals surface area contributed by atoms with Crippen molar-refractivity contribution < 1.29 is 0 Å². The maximum atomic E-state index is 6.71. The van der Waals surface area contributed by atoms with Crippen molar-refractivity contribution in [2.45, 2.75) is 6.04 Å². The zero-order valence-corrected chi connectivity index (χ0v) is 30.5. The van der Waals surface area contributed by atoms with Crippen LogP contribution in [0.1, 0.15) is 22.7 Å². The van der Waals surface area contributed by atoms with Gasteiger partial charge in [-0.1, -0.05) is 133 Å². The van der Waals surface area contributed by atoms with E-state index in [9.17, 15) is 0 Å². The summed E-state index contributed by atoms with van der Waals surface area (Å²) in [5, 5.41) is 9.85. The lowest BCUT2D eigenvalue weighted by Gasteiger charge is -2.14. The second-order valence-corrected chi connectivity index (χ2v) is 14.6. The van der Waals surface area contributed by atoms with Crippen molar-refractivity contribution in [2.75, 3.05) is 0 Å². The Morgan fingerprint density at radius 3 is 1.96 bits per heavy atom. The summed E-state index contributed by atoms with van der Waals surface area (Å²) in [5.74, 6) is 0. The summed E-state index contributed by atoms with van der Waals surface area (Å²) in [6, 6.07) is 69.0. The molecule has 4 nitrogen and oxygen atoms in total. The van der Waals surface area contributed by atoms with Gasteiger partial charge < -0.3 is 14.9 Å². The van der Waals surface area contributed by atoms with Crippen molar-refractivity contribution >= 4 is 77.1 Å². The number of nitrogens with zero attached hydrogens (tertiary/aromatic N) is 3. The molecule has 0 spiro atoms. The molecule has 4 heteroatoms. The maximum Gasteiger partial charge on any atom is 0.0681 e. The minimum Gasteiger partial charge on any atom is -0.320 e. The molecule has 0 saturated carbocycles. The first-order valence-electron chi connectivity index (χ1n) is 19.1. The highest BCUT2D eigenvalue weighted by Gasteiger charge is 2.20. The van der Waals surface area contributed by atoms with Gasteiger partial charge in [-0.3, -0.25) is 4.99 Å². The largest absolute Gasteiger partial charge is 0.320 e. The van der Waals surface area contributed by atoms with Crippen LogP contribution in [0.2, 0.25) is 0 Å². The molecule has 1 atom stereocenters. The zero-order chi connectivity index (χ0) is 37.2. The van der Waals surface area contributed by atoms with Crippen molar-refractivity contribution in [3.05, 3.63) is 211 Å². The molecule has 0 aliphatic rings. The first-order chi connectivity index (χ1) is 27.7. The number of para-hydroxylation sites is 3. The van der Waals surface area contributed by atoms with E-state index < -0.39 is 0 Å². The van der Waals surface area contributed by atoms with Crippen LogP contribution in [0.25, 0.3) is 76.5 Å². The van der Waals surface area contributed by atoms with Gasteiger partial charge in [0.1, 0.15) is 0 Å². The van der Waals surface area contributed by atoms with Crippen LogP contribution < -0.4 is 5.73 Å². The number of nitrogens with two attached hydrogens (primary N) is 1. The van der Waals surface area contributed by atoms with Crippen LogP contribution in [0.4, 0.5) is 5.69 Å². The molecule has 0 bridgehead atoms. The molecule has 0 aliphatic carbocycles. The first kappa shape index (κ1) is 32.2. The van der Waals surface area contributed by atoms with Gasteiger partial charge in [0.15, 0.2) is 0 Å². The summed E-state index contributed by atoms with van der Waals surface area (Å²) >= 11 is 0. The average molecular weight is 717 g/mol. The van der Waals surface area contributed by atoms with E-state index in [4.69, 9.17) is 10.7 Å². The van der Waals surface area contributed by atoms with Gasteiger partial charge in [-0.15, -0.1) is 0 Å². The molecule has 0 aliphatic heterocycles. The fourth-order valence-electron chi connectivity index (χ4n) is 8.71. The maximum absolute atomic E-state index is 6.71. The van der Waals surface area contributed by atoms with E-state index >= 15 is 0 Å². The fraction of sp³-hybridized carbons (Fsp3) is 0.0192. The number of hydrogen-bond acceptors (Lipinski definition) is 2. The summed E-state index contributed by atoms with van der Waals surface area (Å²) < 4.78 is 4.85. The van der Waals surface area contributed by atoms with Crippen molar-refractivity contribution in [3.8, 4) is 11.4 Å². The number of rotatable bonds is 6. The zero-order valence-electron chi connectivity index (χ0n) is 30.5. The van der Waals surface area contributed by atoms with E-state index in [0.717, 1.165) is 39.1 Å². The Hall–Kier alpha value is -7.27. The van der Waals surface area contributed by atoms with Crippen LogP contribution >= 0.6 is 0 Å².